The Kier molecular flexibility index (Phi) is 4.34. The molecule has 0 spiro atoms. The Morgan fingerprint density at radius 1 is 1.35 bits per heavy atom. The average molecular weight is 268 g/mol. The van der Waals surface area contributed by atoms with Crippen LogP contribution in [-0.4, -0.2) is 10.1 Å². The zero-order valence-electron chi connectivity index (χ0n) is 11.5. The highest BCUT2D eigenvalue weighted by Crippen LogP contribution is 2.26. The molecule has 0 radical (unpaired) electrons. The predicted molar refractivity (Wildman–Crippen MR) is 75.1 cm³/mol. The average Bonchev–Trinajstić information content (AvgIpc) is 2.46. The zero-order chi connectivity index (χ0) is 14.5. The van der Waals surface area contributed by atoms with E-state index in [1.54, 1.807) is 25.3 Å². The lowest BCUT2D eigenvalue weighted by Crippen LogP contribution is -2.02. The third-order valence-corrected chi connectivity index (χ3v) is 2.95. The maximum Gasteiger partial charge on any atom is 0.140 e. The largest absolute Gasteiger partial charge is 0.489 e. The van der Waals surface area contributed by atoms with Crippen molar-refractivity contribution in [1.29, 1.82) is 5.26 Å². The van der Waals surface area contributed by atoms with E-state index in [9.17, 15) is 5.11 Å². The molecule has 0 bridgehead atoms. The Hall–Kier alpha value is -2.38. The van der Waals surface area contributed by atoms with Crippen molar-refractivity contribution in [1.82, 2.24) is 4.98 Å². The number of hydrogen-bond donors (Lipinski definition) is 1. The van der Waals surface area contributed by atoms with Crippen molar-refractivity contribution < 1.29 is 9.84 Å². The first-order valence-electron chi connectivity index (χ1n) is 6.36. The third kappa shape index (κ3) is 3.34. The molecule has 1 aromatic heterocycles. The van der Waals surface area contributed by atoms with Gasteiger partial charge in [-0.3, -0.25) is 0 Å². The molecule has 0 aliphatic heterocycles. The van der Waals surface area contributed by atoms with Crippen LogP contribution in [0.4, 0.5) is 0 Å². The summed E-state index contributed by atoms with van der Waals surface area (Å²) >= 11 is 0. The molecule has 1 atom stereocenters. The molecule has 1 heterocycles. The Labute approximate surface area is 118 Å². The fraction of sp³-hybridized carbons (Fsp3) is 0.250. The van der Waals surface area contributed by atoms with Crippen LogP contribution >= 0.6 is 0 Å². The molecule has 0 saturated carbocycles. The van der Waals surface area contributed by atoms with Crippen molar-refractivity contribution in [3.63, 3.8) is 0 Å². The molecular weight excluding hydrogens is 252 g/mol. The molecule has 0 aliphatic rings. The molecule has 4 heteroatoms. The van der Waals surface area contributed by atoms with Gasteiger partial charge >= 0.3 is 0 Å². The van der Waals surface area contributed by atoms with Crippen LogP contribution in [0.3, 0.4) is 0 Å². The Morgan fingerprint density at radius 2 is 2.15 bits per heavy atom. The van der Waals surface area contributed by atoms with E-state index in [-0.39, 0.29) is 0 Å². The molecule has 0 saturated heterocycles. The van der Waals surface area contributed by atoms with Gasteiger partial charge in [-0.25, -0.2) is 4.98 Å². The van der Waals surface area contributed by atoms with Gasteiger partial charge in [-0.2, -0.15) is 5.26 Å². The smallest absolute Gasteiger partial charge is 0.140 e. The summed E-state index contributed by atoms with van der Waals surface area (Å²) in [5, 5.41) is 18.6. The van der Waals surface area contributed by atoms with E-state index in [0.717, 1.165) is 16.7 Å². The summed E-state index contributed by atoms with van der Waals surface area (Å²) in [5.41, 5.74) is 3.07. The second-order valence-corrected chi connectivity index (χ2v) is 4.67. The highest BCUT2D eigenvalue weighted by atomic mass is 16.5. The van der Waals surface area contributed by atoms with E-state index in [2.05, 4.69) is 4.98 Å². The van der Waals surface area contributed by atoms with Crippen molar-refractivity contribution in [3.05, 3.63) is 58.9 Å². The van der Waals surface area contributed by atoms with Crippen LogP contribution in [0.2, 0.25) is 0 Å². The standard InChI is InChI=1S/C16H16N2O2/c1-11-3-4-16(15(7-11)12(2)19)20-10-13-5-6-18-14(8-13)9-17/h3-8,12,19H,10H2,1-2H3/t12-/m0/s1. The predicted octanol–water partition coefficient (Wildman–Crippen LogP) is 2.89. The molecule has 2 rings (SSSR count). The van der Waals surface area contributed by atoms with Crippen molar-refractivity contribution in [2.75, 3.05) is 0 Å². The van der Waals surface area contributed by atoms with Crippen molar-refractivity contribution in [3.8, 4) is 11.8 Å². The molecule has 4 nitrogen and oxygen atoms in total. The molecule has 0 unspecified atom stereocenters. The summed E-state index contributed by atoms with van der Waals surface area (Å²) in [6.45, 7) is 4.01. The van der Waals surface area contributed by atoms with Crippen molar-refractivity contribution in [2.24, 2.45) is 0 Å². The number of aliphatic hydroxyl groups excluding tert-OH is 1. The van der Waals surface area contributed by atoms with Gasteiger partial charge in [0.2, 0.25) is 0 Å². The Bertz CT molecular complexity index is 645. The summed E-state index contributed by atoms with van der Waals surface area (Å²) in [6, 6.07) is 11.2. The lowest BCUT2D eigenvalue weighted by atomic mass is 10.1. The molecule has 102 valence electrons. The third-order valence-electron chi connectivity index (χ3n) is 2.95. The molecule has 1 aromatic carbocycles. The minimum absolute atomic E-state index is 0.333. The van der Waals surface area contributed by atoms with Crippen LogP contribution < -0.4 is 4.74 Å². The number of hydrogen-bond acceptors (Lipinski definition) is 4. The highest BCUT2D eigenvalue weighted by molar-refractivity contribution is 5.38. The van der Waals surface area contributed by atoms with Crippen molar-refractivity contribution >= 4 is 0 Å². The first kappa shape index (κ1) is 14.0. The summed E-state index contributed by atoms with van der Waals surface area (Å²) < 4.78 is 5.74. The van der Waals surface area contributed by atoms with Crippen LogP contribution in [-0.2, 0) is 6.61 Å². The lowest BCUT2D eigenvalue weighted by Gasteiger charge is -2.14. The number of benzene rings is 1. The fourth-order valence-corrected chi connectivity index (χ4v) is 1.91. The Morgan fingerprint density at radius 3 is 2.85 bits per heavy atom. The first-order chi connectivity index (χ1) is 9.60. The van der Waals surface area contributed by atoms with E-state index in [4.69, 9.17) is 10.00 Å². The summed E-state index contributed by atoms with van der Waals surface area (Å²) in [7, 11) is 0. The number of aromatic nitrogens is 1. The summed E-state index contributed by atoms with van der Waals surface area (Å²) in [6.07, 6.45) is 0.999. The highest BCUT2D eigenvalue weighted by Gasteiger charge is 2.09. The summed E-state index contributed by atoms with van der Waals surface area (Å²) in [5.74, 6) is 0.654. The number of rotatable bonds is 4. The number of nitriles is 1. The summed E-state index contributed by atoms with van der Waals surface area (Å²) in [4.78, 5) is 3.91. The van der Waals surface area contributed by atoms with Crippen LogP contribution in [0.15, 0.2) is 36.5 Å². The van der Waals surface area contributed by atoms with Crippen LogP contribution in [0.5, 0.6) is 5.75 Å². The first-order valence-corrected chi connectivity index (χ1v) is 6.36. The molecule has 0 aliphatic carbocycles. The molecule has 0 fully saturated rings. The number of nitrogens with zero attached hydrogens (tertiary/aromatic N) is 2. The second kappa shape index (κ2) is 6.18. The van der Waals surface area contributed by atoms with E-state index in [1.807, 2.05) is 31.2 Å². The van der Waals surface area contributed by atoms with Gasteiger partial charge in [-0.05, 0) is 43.7 Å². The number of ether oxygens (including phenoxy) is 1. The molecular formula is C16H16N2O2. The van der Waals surface area contributed by atoms with Gasteiger partial charge in [0.1, 0.15) is 24.1 Å². The van der Waals surface area contributed by atoms with Gasteiger partial charge in [-0.15, -0.1) is 0 Å². The van der Waals surface area contributed by atoms with Gasteiger partial charge in [0.05, 0.1) is 6.10 Å². The lowest BCUT2D eigenvalue weighted by molar-refractivity contribution is 0.190. The number of aliphatic hydroxyl groups is 1. The number of pyridine rings is 1. The topological polar surface area (TPSA) is 66.1 Å². The minimum atomic E-state index is -0.586. The van der Waals surface area contributed by atoms with Gasteiger partial charge in [-0.1, -0.05) is 11.6 Å². The van der Waals surface area contributed by atoms with Gasteiger partial charge in [0.25, 0.3) is 0 Å². The van der Waals surface area contributed by atoms with Crippen LogP contribution in [0.1, 0.15) is 35.4 Å². The zero-order valence-corrected chi connectivity index (χ0v) is 11.5. The maximum atomic E-state index is 9.78. The van der Waals surface area contributed by atoms with Gasteiger partial charge < -0.3 is 9.84 Å². The van der Waals surface area contributed by atoms with E-state index in [1.165, 1.54) is 0 Å². The van der Waals surface area contributed by atoms with Crippen LogP contribution in [0.25, 0.3) is 0 Å². The van der Waals surface area contributed by atoms with E-state index >= 15 is 0 Å². The quantitative estimate of drug-likeness (QED) is 0.925. The molecule has 0 amide bonds. The monoisotopic (exact) mass is 268 g/mol. The normalized spacial score (nSPS) is 11.7. The van der Waals surface area contributed by atoms with E-state index < -0.39 is 6.10 Å². The Balaban J connectivity index is 2.16. The SMILES string of the molecule is Cc1ccc(OCc2ccnc(C#N)c2)c([C@H](C)O)c1. The van der Waals surface area contributed by atoms with Crippen molar-refractivity contribution in [2.45, 2.75) is 26.6 Å². The van der Waals surface area contributed by atoms with Crippen LogP contribution in [0, 0.1) is 18.3 Å². The van der Waals surface area contributed by atoms with Gasteiger partial charge in [0, 0.05) is 11.8 Å². The fourth-order valence-electron chi connectivity index (χ4n) is 1.91. The minimum Gasteiger partial charge on any atom is -0.489 e. The van der Waals surface area contributed by atoms with E-state index in [0.29, 0.717) is 18.1 Å². The molecule has 20 heavy (non-hydrogen) atoms. The maximum absolute atomic E-state index is 9.78. The van der Waals surface area contributed by atoms with Gasteiger partial charge in [0.15, 0.2) is 0 Å². The number of aryl methyl sites for hydroxylation is 1. The molecule has 2 aromatic rings. The second-order valence-electron chi connectivity index (χ2n) is 4.67. The molecule has 1 N–H and O–H groups in total.